The molecule has 4 heteroatoms. The second kappa shape index (κ2) is 4.20. The average Bonchev–Trinajstić information content (AvgIpc) is 2.89. The van der Waals surface area contributed by atoms with Gasteiger partial charge in [0.05, 0.1) is 17.5 Å². The van der Waals surface area contributed by atoms with Gasteiger partial charge in [0.25, 0.3) is 0 Å². The van der Waals surface area contributed by atoms with Crippen molar-refractivity contribution in [3.63, 3.8) is 0 Å². The topological polar surface area (TPSA) is 35.6 Å². The summed E-state index contributed by atoms with van der Waals surface area (Å²) in [6, 6.07) is 6.51. The fraction of sp³-hybridized carbons (Fsp3) is 0.375. The Bertz CT molecular complexity index is 771. The Hall–Kier alpha value is -2.10. The van der Waals surface area contributed by atoms with Crippen molar-refractivity contribution in [3.8, 4) is 11.4 Å². The molecule has 2 heterocycles. The molecular formula is C16H20N4. The van der Waals surface area contributed by atoms with Crippen molar-refractivity contribution < 1.29 is 0 Å². The molecule has 0 amide bonds. The molecule has 4 nitrogen and oxygen atoms in total. The van der Waals surface area contributed by atoms with Crippen LogP contribution in [0.5, 0.6) is 0 Å². The molecule has 0 aliphatic heterocycles. The normalized spacial score (nSPS) is 12.2. The summed E-state index contributed by atoms with van der Waals surface area (Å²) in [5, 5.41) is 5.75. The first-order valence-corrected chi connectivity index (χ1v) is 6.82. The van der Waals surface area contributed by atoms with Crippen molar-refractivity contribution in [2.45, 2.75) is 26.2 Å². The first-order chi connectivity index (χ1) is 9.36. The van der Waals surface area contributed by atoms with Crippen LogP contribution < -0.4 is 0 Å². The molecule has 0 atom stereocenters. The Morgan fingerprint density at radius 3 is 2.45 bits per heavy atom. The van der Waals surface area contributed by atoms with E-state index in [2.05, 4.69) is 49.1 Å². The second-order valence-corrected chi connectivity index (χ2v) is 6.38. The van der Waals surface area contributed by atoms with Crippen molar-refractivity contribution in [2.24, 2.45) is 14.1 Å². The van der Waals surface area contributed by atoms with Gasteiger partial charge in [0.15, 0.2) is 0 Å². The van der Waals surface area contributed by atoms with Gasteiger partial charge in [0.2, 0.25) is 0 Å². The molecule has 3 aromatic rings. The number of hydrogen-bond donors (Lipinski definition) is 0. The highest BCUT2D eigenvalue weighted by Gasteiger charge is 2.18. The summed E-state index contributed by atoms with van der Waals surface area (Å²) in [6.45, 7) is 6.68. The number of aryl methyl sites for hydroxylation is 2. The number of aromatic nitrogens is 4. The Kier molecular flexibility index (Phi) is 2.71. The third kappa shape index (κ3) is 2.01. The number of imidazole rings is 1. The summed E-state index contributed by atoms with van der Waals surface area (Å²) in [7, 11) is 3.95. The van der Waals surface area contributed by atoms with Crippen LogP contribution in [0.15, 0.2) is 30.7 Å². The minimum Gasteiger partial charge on any atom is -0.340 e. The maximum atomic E-state index is 4.59. The van der Waals surface area contributed by atoms with Crippen LogP contribution in [0.3, 0.4) is 0 Å². The van der Waals surface area contributed by atoms with Crippen molar-refractivity contribution in [1.82, 2.24) is 19.3 Å². The molecule has 0 saturated heterocycles. The zero-order chi connectivity index (χ0) is 14.5. The first kappa shape index (κ1) is 12.9. The molecule has 0 spiro atoms. The van der Waals surface area contributed by atoms with E-state index in [9.17, 15) is 0 Å². The van der Waals surface area contributed by atoms with E-state index in [1.807, 2.05) is 35.9 Å². The summed E-state index contributed by atoms with van der Waals surface area (Å²) in [5.41, 5.74) is 4.50. The van der Waals surface area contributed by atoms with E-state index in [-0.39, 0.29) is 5.41 Å². The van der Waals surface area contributed by atoms with Crippen molar-refractivity contribution in [3.05, 3.63) is 36.3 Å². The molecule has 0 saturated carbocycles. The van der Waals surface area contributed by atoms with Gasteiger partial charge in [0.1, 0.15) is 5.69 Å². The number of nitrogens with zero attached hydrogens (tertiary/aromatic N) is 4. The Balaban J connectivity index is 2.28. The molecule has 3 rings (SSSR count). The van der Waals surface area contributed by atoms with Gasteiger partial charge in [-0.1, -0.05) is 26.8 Å². The molecule has 0 bridgehead atoms. The lowest BCUT2D eigenvalue weighted by atomic mass is 9.86. The van der Waals surface area contributed by atoms with Crippen molar-refractivity contribution >= 4 is 10.9 Å². The second-order valence-electron chi connectivity index (χ2n) is 6.38. The zero-order valence-corrected chi connectivity index (χ0v) is 12.7. The van der Waals surface area contributed by atoms with Gasteiger partial charge >= 0.3 is 0 Å². The predicted molar refractivity (Wildman–Crippen MR) is 81.6 cm³/mol. The van der Waals surface area contributed by atoms with Crippen LogP contribution in [0.2, 0.25) is 0 Å². The lowest BCUT2D eigenvalue weighted by Gasteiger charge is -2.18. The molecule has 104 valence electrons. The van der Waals surface area contributed by atoms with Crippen LogP contribution >= 0.6 is 0 Å². The summed E-state index contributed by atoms with van der Waals surface area (Å²) >= 11 is 0. The summed E-state index contributed by atoms with van der Waals surface area (Å²) < 4.78 is 3.88. The monoisotopic (exact) mass is 268 g/mol. The number of hydrogen-bond acceptors (Lipinski definition) is 2. The smallest absolute Gasteiger partial charge is 0.107 e. The molecule has 2 aromatic heterocycles. The Labute approximate surface area is 119 Å². The molecule has 20 heavy (non-hydrogen) atoms. The molecule has 0 unspecified atom stereocenters. The predicted octanol–water partition coefficient (Wildman–Crippen LogP) is 3.27. The van der Waals surface area contributed by atoms with Gasteiger partial charge in [-0.25, -0.2) is 4.98 Å². The van der Waals surface area contributed by atoms with Gasteiger partial charge in [-0.3, -0.25) is 4.68 Å². The number of fused-ring (bicyclic) bond motifs is 1. The van der Waals surface area contributed by atoms with Crippen LogP contribution in [0.25, 0.3) is 22.3 Å². The Morgan fingerprint density at radius 2 is 1.85 bits per heavy atom. The Morgan fingerprint density at radius 1 is 1.10 bits per heavy atom. The fourth-order valence-electron chi connectivity index (χ4n) is 2.50. The van der Waals surface area contributed by atoms with E-state index in [1.165, 1.54) is 10.9 Å². The van der Waals surface area contributed by atoms with E-state index in [4.69, 9.17) is 0 Å². The molecule has 0 N–H and O–H groups in total. The molecule has 0 fully saturated rings. The lowest BCUT2D eigenvalue weighted by Crippen LogP contribution is -2.10. The molecular weight excluding hydrogens is 248 g/mol. The van der Waals surface area contributed by atoms with Crippen LogP contribution in [-0.2, 0) is 19.5 Å². The average molecular weight is 268 g/mol. The number of benzene rings is 1. The third-order valence-corrected chi connectivity index (χ3v) is 3.65. The van der Waals surface area contributed by atoms with E-state index in [1.54, 1.807) is 0 Å². The highest BCUT2D eigenvalue weighted by Crippen LogP contribution is 2.31. The SMILES string of the molecule is Cn1cnc(-c2c3cc(C(C)(C)C)ccc3nn2C)c1. The van der Waals surface area contributed by atoms with E-state index >= 15 is 0 Å². The van der Waals surface area contributed by atoms with Crippen LogP contribution in [-0.4, -0.2) is 19.3 Å². The van der Waals surface area contributed by atoms with E-state index in [0.717, 1.165) is 16.9 Å². The van der Waals surface area contributed by atoms with Gasteiger partial charge in [0, 0.05) is 25.7 Å². The van der Waals surface area contributed by atoms with Crippen molar-refractivity contribution in [2.75, 3.05) is 0 Å². The molecule has 0 radical (unpaired) electrons. The minimum atomic E-state index is 0.130. The minimum absolute atomic E-state index is 0.130. The first-order valence-electron chi connectivity index (χ1n) is 6.82. The van der Waals surface area contributed by atoms with Crippen molar-refractivity contribution in [1.29, 1.82) is 0 Å². The third-order valence-electron chi connectivity index (χ3n) is 3.65. The maximum Gasteiger partial charge on any atom is 0.107 e. The zero-order valence-electron chi connectivity index (χ0n) is 12.7. The fourth-order valence-corrected chi connectivity index (χ4v) is 2.50. The standard InChI is InChI=1S/C16H20N4/c1-16(2,3)11-6-7-13-12(8-11)15(20(5)18-13)14-9-19(4)10-17-14/h6-10H,1-5H3. The van der Waals surface area contributed by atoms with Crippen LogP contribution in [0.1, 0.15) is 26.3 Å². The van der Waals surface area contributed by atoms with Gasteiger partial charge < -0.3 is 4.57 Å². The summed E-state index contributed by atoms with van der Waals surface area (Å²) in [5.74, 6) is 0. The highest BCUT2D eigenvalue weighted by atomic mass is 15.3. The molecule has 1 aromatic carbocycles. The lowest BCUT2D eigenvalue weighted by molar-refractivity contribution is 0.591. The maximum absolute atomic E-state index is 4.59. The summed E-state index contributed by atoms with van der Waals surface area (Å²) in [4.78, 5) is 4.46. The van der Waals surface area contributed by atoms with E-state index in [0.29, 0.717) is 0 Å². The van der Waals surface area contributed by atoms with Crippen LogP contribution in [0, 0.1) is 0 Å². The quantitative estimate of drug-likeness (QED) is 0.679. The van der Waals surface area contributed by atoms with Gasteiger partial charge in [-0.15, -0.1) is 0 Å². The van der Waals surface area contributed by atoms with Gasteiger partial charge in [-0.05, 0) is 23.1 Å². The molecule has 0 aliphatic carbocycles. The largest absolute Gasteiger partial charge is 0.340 e. The van der Waals surface area contributed by atoms with Gasteiger partial charge in [-0.2, -0.15) is 5.10 Å². The highest BCUT2D eigenvalue weighted by molar-refractivity contribution is 5.92. The van der Waals surface area contributed by atoms with Crippen LogP contribution in [0.4, 0.5) is 0 Å². The summed E-state index contributed by atoms with van der Waals surface area (Å²) in [6.07, 6.45) is 3.85. The number of rotatable bonds is 1. The van der Waals surface area contributed by atoms with E-state index < -0.39 is 0 Å². The molecule has 0 aliphatic rings.